The number of imide groups is 1. The summed E-state index contributed by atoms with van der Waals surface area (Å²) in [5.41, 5.74) is -2.82. The lowest BCUT2D eigenvalue weighted by Crippen LogP contribution is -2.58. The first-order chi connectivity index (χ1) is 8.25. The van der Waals surface area contributed by atoms with Gasteiger partial charge >= 0.3 is 0 Å². The predicted octanol–water partition coefficient (Wildman–Crippen LogP) is -0.451. The minimum absolute atomic E-state index is 0.0568. The molecule has 1 rings (SSSR count). The van der Waals surface area contributed by atoms with Crippen LogP contribution in [0.1, 0.15) is 26.2 Å². The fourth-order valence-corrected chi connectivity index (χ4v) is 2.14. The summed E-state index contributed by atoms with van der Waals surface area (Å²) in [7, 11) is 1.40. The van der Waals surface area contributed by atoms with Gasteiger partial charge in [0, 0.05) is 13.5 Å². The molecule has 1 fully saturated rings. The highest BCUT2D eigenvalue weighted by Crippen LogP contribution is 2.36. The van der Waals surface area contributed by atoms with Crippen LogP contribution in [0, 0.1) is 0 Å². The lowest BCUT2D eigenvalue weighted by molar-refractivity contribution is -0.174. The van der Waals surface area contributed by atoms with E-state index in [-0.39, 0.29) is 25.1 Å². The van der Waals surface area contributed by atoms with Crippen molar-refractivity contribution < 1.29 is 24.5 Å². The number of halogens is 1. The number of hydrogen-bond donors (Lipinski definition) is 3. The van der Waals surface area contributed by atoms with Crippen molar-refractivity contribution in [2.24, 2.45) is 0 Å². The van der Waals surface area contributed by atoms with Crippen LogP contribution in [-0.2, 0) is 14.3 Å². The smallest absolute Gasteiger partial charge is 0.258 e. The molecule has 0 saturated heterocycles. The number of carbonyl (C=O) groups is 2. The Morgan fingerprint density at radius 1 is 1.44 bits per heavy atom. The molecule has 3 N–H and O–H groups in total. The summed E-state index contributed by atoms with van der Waals surface area (Å²) in [6.45, 7) is 1.59. The van der Waals surface area contributed by atoms with E-state index < -0.39 is 29.1 Å². The van der Waals surface area contributed by atoms with Crippen LogP contribution in [0.3, 0.4) is 0 Å². The molecule has 1 aliphatic rings. The van der Waals surface area contributed by atoms with E-state index in [0.717, 1.165) is 0 Å². The molecule has 0 aliphatic heterocycles. The third-order valence-electron chi connectivity index (χ3n) is 3.34. The first-order valence-corrected chi connectivity index (χ1v) is 6.16. The van der Waals surface area contributed by atoms with E-state index in [9.17, 15) is 19.8 Å². The number of amides is 2. The Kier molecular flexibility index (Phi) is 4.72. The highest BCUT2D eigenvalue weighted by molar-refractivity contribution is 6.28. The van der Waals surface area contributed by atoms with Crippen molar-refractivity contribution in [3.8, 4) is 0 Å². The van der Waals surface area contributed by atoms with Gasteiger partial charge in [0.15, 0.2) is 0 Å². The van der Waals surface area contributed by atoms with Crippen LogP contribution < -0.4 is 5.32 Å². The number of aliphatic hydroxyl groups is 2. The maximum Gasteiger partial charge on any atom is 0.258 e. The average molecular weight is 280 g/mol. The van der Waals surface area contributed by atoms with E-state index in [1.54, 1.807) is 6.92 Å². The van der Waals surface area contributed by atoms with Gasteiger partial charge in [0.05, 0.1) is 11.7 Å². The Morgan fingerprint density at radius 3 is 2.56 bits per heavy atom. The third-order valence-corrected chi connectivity index (χ3v) is 3.59. The predicted molar refractivity (Wildman–Crippen MR) is 64.1 cm³/mol. The largest absolute Gasteiger partial charge is 0.387 e. The molecule has 0 radical (unpaired) electrons. The third kappa shape index (κ3) is 3.20. The SMILES string of the molecule is COC1CC(O)(C(=O)NC(=O)CCl)CCC1(C)O. The monoisotopic (exact) mass is 279 g/mol. The quantitative estimate of drug-likeness (QED) is 0.608. The molecule has 6 nitrogen and oxygen atoms in total. The van der Waals surface area contributed by atoms with E-state index in [2.05, 4.69) is 0 Å². The number of methoxy groups -OCH3 is 1. The summed E-state index contributed by atoms with van der Waals surface area (Å²) in [5.74, 6) is -1.82. The Bertz CT molecular complexity index is 346. The summed E-state index contributed by atoms with van der Waals surface area (Å²) in [6.07, 6.45) is -0.489. The molecule has 0 spiro atoms. The van der Waals surface area contributed by atoms with Gasteiger partial charge in [-0.05, 0) is 19.8 Å². The molecule has 104 valence electrons. The van der Waals surface area contributed by atoms with E-state index >= 15 is 0 Å². The Labute approximate surface area is 110 Å². The van der Waals surface area contributed by atoms with Crippen molar-refractivity contribution in [2.45, 2.75) is 43.5 Å². The van der Waals surface area contributed by atoms with Gasteiger partial charge in [-0.15, -0.1) is 11.6 Å². The van der Waals surface area contributed by atoms with Gasteiger partial charge in [-0.2, -0.15) is 0 Å². The van der Waals surface area contributed by atoms with E-state index in [1.807, 2.05) is 5.32 Å². The van der Waals surface area contributed by atoms with Crippen LogP contribution in [0.2, 0.25) is 0 Å². The van der Waals surface area contributed by atoms with Gasteiger partial charge in [0.25, 0.3) is 5.91 Å². The summed E-state index contributed by atoms with van der Waals surface area (Å²) in [4.78, 5) is 22.8. The van der Waals surface area contributed by atoms with Gasteiger partial charge in [-0.1, -0.05) is 0 Å². The highest BCUT2D eigenvalue weighted by Gasteiger charge is 2.49. The normalized spacial score (nSPS) is 36.2. The number of rotatable bonds is 3. The molecule has 3 atom stereocenters. The Balaban J connectivity index is 2.76. The Hall–Kier alpha value is -0.690. The fraction of sp³-hybridized carbons (Fsp3) is 0.818. The zero-order chi connectivity index (χ0) is 14.0. The summed E-state index contributed by atoms with van der Waals surface area (Å²) in [6, 6.07) is 0. The number of carbonyl (C=O) groups excluding carboxylic acids is 2. The summed E-state index contributed by atoms with van der Waals surface area (Å²) >= 11 is 5.27. The molecule has 0 aromatic rings. The number of ether oxygens (including phenoxy) is 1. The first kappa shape index (κ1) is 15.4. The summed E-state index contributed by atoms with van der Waals surface area (Å²) in [5, 5.41) is 22.3. The van der Waals surface area contributed by atoms with Gasteiger partial charge < -0.3 is 14.9 Å². The van der Waals surface area contributed by atoms with Gasteiger partial charge in [0.2, 0.25) is 5.91 Å². The molecule has 0 aromatic heterocycles. The molecule has 0 aromatic carbocycles. The lowest BCUT2D eigenvalue weighted by Gasteiger charge is -2.43. The van der Waals surface area contributed by atoms with E-state index in [1.165, 1.54) is 7.11 Å². The maximum atomic E-state index is 11.8. The number of alkyl halides is 1. The minimum atomic E-state index is -1.72. The molecular formula is C11H18ClNO5. The van der Waals surface area contributed by atoms with E-state index in [4.69, 9.17) is 16.3 Å². The molecule has 0 bridgehead atoms. The van der Waals surface area contributed by atoms with Crippen molar-refractivity contribution in [1.82, 2.24) is 5.32 Å². The van der Waals surface area contributed by atoms with Crippen LogP contribution in [0.15, 0.2) is 0 Å². The second kappa shape index (κ2) is 5.52. The van der Waals surface area contributed by atoms with Crippen LogP contribution in [0.5, 0.6) is 0 Å². The lowest BCUT2D eigenvalue weighted by atomic mass is 9.74. The van der Waals surface area contributed by atoms with Crippen LogP contribution in [0.4, 0.5) is 0 Å². The molecule has 7 heteroatoms. The maximum absolute atomic E-state index is 11.8. The average Bonchev–Trinajstić information content (AvgIpc) is 2.32. The molecule has 1 aliphatic carbocycles. The van der Waals surface area contributed by atoms with Gasteiger partial charge in [0.1, 0.15) is 11.5 Å². The first-order valence-electron chi connectivity index (χ1n) is 5.63. The van der Waals surface area contributed by atoms with Gasteiger partial charge in [-0.25, -0.2) is 0 Å². The molecule has 0 heterocycles. The van der Waals surface area contributed by atoms with Crippen molar-refractivity contribution in [1.29, 1.82) is 0 Å². The number of hydrogen-bond acceptors (Lipinski definition) is 5. The molecule has 3 unspecified atom stereocenters. The molecule has 2 amide bonds. The van der Waals surface area contributed by atoms with Crippen molar-refractivity contribution in [2.75, 3.05) is 13.0 Å². The highest BCUT2D eigenvalue weighted by atomic mass is 35.5. The minimum Gasteiger partial charge on any atom is -0.387 e. The summed E-state index contributed by atoms with van der Waals surface area (Å²) < 4.78 is 5.08. The Morgan fingerprint density at radius 2 is 2.06 bits per heavy atom. The van der Waals surface area contributed by atoms with Crippen molar-refractivity contribution in [3.05, 3.63) is 0 Å². The van der Waals surface area contributed by atoms with E-state index in [0.29, 0.717) is 0 Å². The molecule has 18 heavy (non-hydrogen) atoms. The molecule has 1 saturated carbocycles. The molecular weight excluding hydrogens is 262 g/mol. The van der Waals surface area contributed by atoms with Crippen molar-refractivity contribution in [3.63, 3.8) is 0 Å². The van der Waals surface area contributed by atoms with Gasteiger partial charge in [-0.3, -0.25) is 14.9 Å². The topological polar surface area (TPSA) is 95.9 Å². The van der Waals surface area contributed by atoms with Crippen molar-refractivity contribution >= 4 is 23.4 Å². The zero-order valence-corrected chi connectivity index (χ0v) is 11.2. The second-order valence-corrected chi connectivity index (χ2v) is 5.10. The number of nitrogens with one attached hydrogen (secondary N) is 1. The van der Waals surface area contributed by atoms with Crippen LogP contribution in [-0.4, -0.2) is 52.3 Å². The zero-order valence-electron chi connectivity index (χ0n) is 10.4. The van der Waals surface area contributed by atoms with Crippen LogP contribution >= 0.6 is 11.6 Å². The van der Waals surface area contributed by atoms with Crippen LogP contribution in [0.25, 0.3) is 0 Å². The standard InChI is InChI=1S/C11H18ClNO5/c1-10(16)3-4-11(17,5-7(10)18-2)9(15)13-8(14)6-12/h7,16-17H,3-6H2,1-2H3,(H,13,14,15). The second-order valence-electron chi connectivity index (χ2n) is 4.83. The fourth-order valence-electron chi connectivity index (χ4n) is 2.07.